The zero-order valence-corrected chi connectivity index (χ0v) is 9.70. The van der Waals surface area contributed by atoms with Gasteiger partial charge in [0.15, 0.2) is 0 Å². The van der Waals surface area contributed by atoms with Crippen LogP contribution in [0.15, 0.2) is 0 Å². The van der Waals surface area contributed by atoms with Gasteiger partial charge >= 0.3 is 0 Å². The minimum Gasteiger partial charge on any atom is -0.329 e. The summed E-state index contributed by atoms with van der Waals surface area (Å²) in [7, 11) is 0. The molecule has 0 amide bonds. The zero-order valence-electron chi connectivity index (χ0n) is 9.70. The van der Waals surface area contributed by atoms with E-state index in [1.807, 2.05) is 0 Å². The van der Waals surface area contributed by atoms with Crippen molar-refractivity contribution in [1.82, 2.24) is 4.90 Å². The van der Waals surface area contributed by atoms with Crippen LogP contribution in [0.2, 0.25) is 0 Å². The summed E-state index contributed by atoms with van der Waals surface area (Å²) in [6.45, 7) is 8.99. The van der Waals surface area contributed by atoms with Crippen LogP contribution in [0.3, 0.4) is 0 Å². The second kappa shape index (κ2) is 4.58. The van der Waals surface area contributed by atoms with E-state index in [1.54, 1.807) is 0 Å². The summed E-state index contributed by atoms with van der Waals surface area (Å²) in [5.41, 5.74) is 5.63. The van der Waals surface area contributed by atoms with Gasteiger partial charge in [0.05, 0.1) is 6.04 Å². The van der Waals surface area contributed by atoms with Crippen molar-refractivity contribution in [3.8, 4) is 0 Å². The van der Waals surface area contributed by atoms with Crippen molar-refractivity contribution in [2.24, 2.45) is 11.7 Å². The van der Waals surface area contributed by atoms with E-state index in [2.05, 4.69) is 32.6 Å². The SMILES string of the molecule is CC(C)[C@@H]1C[C@@H](F)[C@@H](CN)N1C(C)C. The Morgan fingerprint density at radius 3 is 2.29 bits per heavy atom. The van der Waals surface area contributed by atoms with Crippen molar-refractivity contribution in [3.05, 3.63) is 0 Å². The monoisotopic (exact) mass is 202 g/mol. The second-order valence-electron chi connectivity index (χ2n) is 4.91. The standard InChI is InChI=1S/C11H23FN2/c1-7(2)10-5-9(12)11(6-13)14(10)8(3)4/h7-11H,5-6,13H2,1-4H3/t9-,10+,11-/m1/s1. The van der Waals surface area contributed by atoms with E-state index in [1.165, 1.54) is 0 Å². The smallest absolute Gasteiger partial charge is 0.118 e. The van der Waals surface area contributed by atoms with Crippen LogP contribution < -0.4 is 5.73 Å². The summed E-state index contributed by atoms with van der Waals surface area (Å²) >= 11 is 0. The van der Waals surface area contributed by atoms with Crippen LogP contribution in [0.1, 0.15) is 34.1 Å². The first-order valence-electron chi connectivity index (χ1n) is 5.60. The minimum absolute atomic E-state index is 0.0672. The van der Waals surface area contributed by atoms with E-state index in [0.717, 1.165) is 0 Å². The molecular formula is C11H23FN2. The minimum atomic E-state index is -0.741. The highest BCUT2D eigenvalue weighted by Gasteiger charge is 2.42. The van der Waals surface area contributed by atoms with Crippen molar-refractivity contribution in [2.75, 3.05) is 6.54 Å². The van der Waals surface area contributed by atoms with Gasteiger partial charge in [-0.2, -0.15) is 0 Å². The second-order valence-corrected chi connectivity index (χ2v) is 4.91. The van der Waals surface area contributed by atoms with E-state index >= 15 is 0 Å². The van der Waals surface area contributed by atoms with Gasteiger partial charge in [-0.05, 0) is 26.2 Å². The van der Waals surface area contributed by atoms with Gasteiger partial charge in [-0.1, -0.05) is 13.8 Å². The molecule has 0 saturated carbocycles. The summed E-state index contributed by atoms with van der Waals surface area (Å²) in [4.78, 5) is 2.26. The lowest BCUT2D eigenvalue weighted by Gasteiger charge is -2.35. The van der Waals surface area contributed by atoms with E-state index in [4.69, 9.17) is 5.73 Å². The molecule has 14 heavy (non-hydrogen) atoms. The maximum Gasteiger partial charge on any atom is 0.118 e. The molecule has 1 rings (SSSR count). The predicted octanol–water partition coefficient (Wildman–Crippen LogP) is 1.79. The Bertz CT molecular complexity index is 182. The molecule has 1 saturated heterocycles. The summed E-state index contributed by atoms with van der Waals surface area (Å²) in [5, 5.41) is 0. The van der Waals surface area contributed by atoms with Crippen LogP contribution in [0.25, 0.3) is 0 Å². The Labute approximate surface area is 86.6 Å². The molecule has 1 fully saturated rings. The summed E-state index contributed by atoms with van der Waals surface area (Å²) < 4.78 is 13.7. The summed E-state index contributed by atoms with van der Waals surface area (Å²) in [6, 6.07) is 0.678. The molecule has 2 nitrogen and oxygen atoms in total. The molecule has 1 aliphatic rings. The third kappa shape index (κ3) is 2.09. The van der Waals surface area contributed by atoms with Crippen molar-refractivity contribution >= 4 is 0 Å². The Hall–Kier alpha value is -0.150. The first kappa shape index (κ1) is 11.9. The Balaban J connectivity index is 2.79. The van der Waals surface area contributed by atoms with Gasteiger partial charge in [0.2, 0.25) is 0 Å². The number of nitrogens with two attached hydrogens (primary N) is 1. The quantitative estimate of drug-likeness (QED) is 0.756. The average Bonchev–Trinajstić information content (AvgIpc) is 2.42. The van der Waals surface area contributed by atoms with Crippen LogP contribution in [-0.2, 0) is 0 Å². The van der Waals surface area contributed by atoms with E-state index in [0.29, 0.717) is 31.0 Å². The highest BCUT2D eigenvalue weighted by Crippen LogP contribution is 2.32. The number of likely N-dealkylation sites (tertiary alicyclic amines) is 1. The highest BCUT2D eigenvalue weighted by atomic mass is 19.1. The highest BCUT2D eigenvalue weighted by molar-refractivity contribution is 4.97. The molecule has 0 aromatic rings. The molecule has 0 bridgehead atoms. The van der Waals surface area contributed by atoms with Gasteiger partial charge in [0, 0.05) is 18.6 Å². The molecule has 1 aliphatic heterocycles. The molecule has 3 atom stereocenters. The molecule has 0 unspecified atom stereocenters. The van der Waals surface area contributed by atoms with E-state index < -0.39 is 6.17 Å². The third-order valence-electron chi connectivity index (χ3n) is 3.26. The number of nitrogens with zero attached hydrogens (tertiary/aromatic N) is 1. The Morgan fingerprint density at radius 2 is 1.93 bits per heavy atom. The van der Waals surface area contributed by atoms with Crippen LogP contribution in [0.5, 0.6) is 0 Å². The van der Waals surface area contributed by atoms with E-state index in [9.17, 15) is 4.39 Å². The molecule has 0 spiro atoms. The number of hydrogen-bond acceptors (Lipinski definition) is 2. The van der Waals surface area contributed by atoms with Gasteiger partial charge in [-0.15, -0.1) is 0 Å². The van der Waals surface area contributed by atoms with Crippen molar-refractivity contribution < 1.29 is 4.39 Å². The van der Waals surface area contributed by atoms with Gasteiger partial charge in [0.25, 0.3) is 0 Å². The van der Waals surface area contributed by atoms with Crippen molar-refractivity contribution in [1.29, 1.82) is 0 Å². The number of halogens is 1. The molecule has 0 aromatic heterocycles. The summed E-state index contributed by atoms with van der Waals surface area (Å²) in [6.07, 6.45) is -0.0904. The van der Waals surface area contributed by atoms with Crippen molar-refractivity contribution in [2.45, 2.75) is 58.4 Å². The molecular weight excluding hydrogens is 179 g/mol. The van der Waals surface area contributed by atoms with E-state index in [-0.39, 0.29) is 6.04 Å². The normalized spacial score (nSPS) is 34.7. The Kier molecular flexibility index (Phi) is 3.90. The van der Waals surface area contributed by atoms with Crippen LogP contribution in [0.4, 0.5) is 4.39 Å². The lowest BCUT2D eigenvalue weighted by molar-refractivity contribution is 0.109. The largest absolute Gasteiger partial charge is 0.329 e. The Morgan fingerprint density at radius 1 is 1.36 bits per heavy atom. The predicted molar refractivity (Wildman–Crippen MR) is 58.0 cm³/mol. The number of hydrogen-bond donors (Lipinski definition) is 1. The average molecular weight is 202 g/mol. The number of alkyl halides is 1. The lowest BCUT2D eigenvalue weighted by Crippen LogP contribution is -2.48. The first-order valence-corrected chi connectivity index (χ1v) is 5.60. The molecule has 3 heteroatoms. The van der Waals surface area contributed by atoms with Gasteiger partial charge in [-0.3, -0.25) is 4.90 Å². The molecule has 0 aliphatic carbocycles. The molecule has 0 radical (unpaired) electrons. The molecule has 2 N–H and O–H groups in total. The van der Waals surface area contributed by atoms with Gasteiger partial charge < -0.3 is 5.73 Å². The topological polar surface area (TPSA) is 29.3 Å². The molecule has 0 aromatic carbocycles. The molecule has 84 valence electrons. The zero-order chi connectivity index (χ0) is 10.9. The fraction of sp³-hybridized carbons (Fsp3) is 1.00. The fourth-order valence-electron chi connectivity index (χ4n) is 2.59. The van der Waals surface area contributed by atoms with Gasteiger partial charge in [-0.25, -0.2) is 4.39 Å². The van der Waals surface area contributed by atoms with Crippen LogP contribution in [0, 0.1) is 5.92 Å². The van der Waals surface area contributed by atoms with Crippen molar-refractivity contribution in [3.63, 3.8) is 0 Å². The maximum atomic E-state index is 13.7. The van der Waals surface area contributed by atoms with Crippen LogP contribution >= 0.6 is 0 Å². The first-order chi connectivity index (χ1) is 6.49. The fourth-order valence-corrected chi connectivity index (χ4v) is 2.59. The van der Waals surface area contributed by atoms with Gasteiger partial charge in [0.1, 0.15) is 6.17 Å². The third-order valence-corrected chi connectivity index (χ3v) is 3.26. The lowest BCUT2D eigenvalue weighted by atomic mass is 10.0. The summed E-state index contributed by atoms with van der Waals surface area (Å²) in [5.74, 6) is 0.507. The maximum absolute atomic E-state index is 13.7. The van der Waals surface area contributed by atoms with Crippen LogP contribution in [-0.4, -0.2) is 35.7 Å². The molecule has 1 heterocycles. The number of rotatable bonds is 3.